The second kappa shape index (κ2) is 6.45. The summed E-state index contributed by atoms with van der Waals surface area (Å²) >= 11 is 0. The van der Waals surface area contributed by atoms with Crippen molar-refractivity contribution in [3.05, 3.63) is 106 Å². The summed E-state index contributed by atoms with van der Waals surface area (Å²) in [5.41, 5.74) is 7.89. The largest absolute Gasteiger partial charge is 0.323 e. The van der Waals surface area contributed by atoms with Crippen LogP contribution in [0.2, 0.25) is 0 Å². The first-order valence-electron chi connectivity index (χ1n) is 9.07. The van der Waals surface area contributed by atoms with Crippen molar-refractivity contribution in [1.82, 2.24) is 4.90 Å². The van der Waals surface area contributed by atoms with Crippen LogP contribution in [0.5, 0.6) is 0 Å². The predicted molar refractivity (Wildman–Crippen MR) is 105 cm³/mol. The fourth-order valence-electron chi connectivity index (χ4n) is 3.99. The van der Waals surface area contributed by atoms with Crippen LogP contribution in [-0.4, -0.2) is 10.8 Å². The summed E-state index contributed by atoms with van der Waals surface area (Å²) in [5, 5.41) is 0. The van der Waals surface area contributed by atoms with Crippen LogP contribution in [0.4, 0.5) is 0 Å². The normalized spacial score (nSPS) is 16.0. The molecular formula is C24H23NO. The molecule has 0 N–H and O–H groups in total. The number of hydrogen-bond donors (Lipinski definition) is 0. The molecule has 4 rings (SSSR count). The summed E-state index contributed by atoms with van der Waals surface area (Å²) in [6, 6.07) is 23.0. The zero-order valence-electron chi connectivity index (χ0n) is 15.5. The highest BCUT2D eigenvalue weighted by Gasteiger charge is 2.38. The Kier molecular flexibility index (Phi) is 4.12. The average Bonchev–Trinajstić information content (AvgIpc) is 2.90. The Morgan fingerprint density at radius 2 is 1.54 bits per heavy atom. The Morgan fingerprint density at radius 1 is 0.846 bits per heavy atom. The summed E-state index contributed by atoms with van der Waals surface area (Å²) in [5.74, 6) is 0.126. The molecule has 0 saturated heterocycles. The van der Waals surface area contributed by atoms with Gasteiger partial charge in [0.05, 0.1) is 6.04 Å². The minimum atomic E-state index is -0.0288. The average molecular weight is 341 g/mol. The van der Waals surface area contributed by atoms with Crippen molar-refractivity contribution in [2.75, 3.05) is 0 Å². The van der Waals surface area contributed by atoms with Crippen molar-refractivity contribution in [3.8, 4) is 0 Å². The first kappa shape index (κ1) is 16.6. The Balaban J connectivity index is 1.85. The monoisotopic (exact) mass is 341 g/mol. The lowest BCUT2D eigenvalue weighted by atomic mass is 9.92. The summed E-state index contributed by atoms with van der Waals surface area (Å²) in [4.78, 5) is 15.3. The highest BCUT2D eigenvalue weighted by Crippen LogP contribution is 2.41. The molecule has 3 aromatic rings. The lowest BCUT2D eigenvalue weighted by Gasteiger charge is -2.27. The van der Waals surface area contributed by atoms with E-state index in [0.29, 0.717) is 6.54 Å². The van der Waals surface area contributed by atoms with E-state index in [0.717, 1.165) is 22.3 Å². The van der Waals surface area contributed by atoms with E-state index in [1.165, 1.54) is 16.7 Å². The van der Waals surface area contributed by atoms with Gasteiger partial charge >= 0.3 is 0 Å². The van der Waals surface area contributed by atoms with Crippen LogP contribution in [0.1, 0.15) is 49.8 Å². The minimum absolute atomic E-state index is 0.0288. The van der Waals surface area contributed by atoms with Crippen molar-refractivity contribution in [2.24, 2.45) is 0 Å². The molecule has 1 heterocycles. The molecule has 2 heteroatoms. The minimum Gasteiger partial charge on any atom is -0.323 e. The van der Waals surface area contributed by atoms with E-state index in [1.54, 1.807) is 0 Å². The van der Waals surface area contributed by atoms with Gasteiger partial charge in [-0.3, -0.25) is 4.79 Å². The molecule has 1 aliphatic rings. The third kappa shape index (κ3) is 2.82. The van der Waals surface area contributed by atoms with Crippen molar-refractivity contribution < 1.29 is 4.79 Å². The number of carbonyl (C=O) groups is 1. The smallest absolute Gasteiger partial charge is 0.255 e. The van der Waals surface area contributed by atoms with E-state index in [2.05, 4.69) is 63.2 Å². The Hall–Kier alpha value is -2.87. The second-order valence-corrected chi connectivity index (χ2v) is 7.27. The Labute approximate surface area is 155 Å². The molecule has 1 unspecified atom stereocenters. The number of aryl methyl sites for hydroxylation is 3. The maximum Gasteiger partial charge on any atom is 0.255 e. The van der Waals surface area contributed by atoms with E-state index in [-0.39, 0.29) is 11.9 Å². The van der Waals surface area contributed by atoms with Crippen molar-refractivity contribution in [1.29, 1.82) is 0 Å². The molecule has 0 radical (unpaired) electrons. The molecule has 26 heavy (non-hydrogen) atoms. The zero-order valence-corrected chi connectivity index (χ0v) is 15.5. The third-order valence-electron chi connectivity index (χ3n) is 5.20. The summed E-state index contributed by atoms with van der Waals surface area (Å²) < 4.78 is 0. The second-order valence-electron chi connectivity index (χ2n) is 7.27. The highest BCUT2D eigenvalue weighted by atomic mass is 16.2. The van der Waals surface area contributed by atoms with Gasteiger partial charge in [0.25, 0.3) is 5.91 Å². The van der Waals surface area contributed by atoms with Crippen LogP contribution < -0.4 is 0 Å². The van der Waals surface area contributed by atoms with Gasteiger partial charge in [0, 0.05) is 12.1 Å². The van der Waals surface area contributed by atoms with Crippen LogP contribution >= 0.6 is 0 Å². The number of rotatable bonds is 3. The molecular weight excluding hydrogens is 318 g/mol. The van der Waals surface area contributed by atoms with Gasteiger partial charge in [-0.05, 0) is 49.1 Å². The van der Waals surface area contributed by atoms with Crippen molar-refractivity contribution >= 4 is 5.91 Å². The lowest BCUT2D eigenvalue weighted by molar-refractivity contribution is 0.0736. The topological polar surface area (TPSA) is 20.3 Å². The molecule has 1 aliphatic heterocycles. The molecule has 0 aliphatic carbocycles. The van der Waals surface area contributed by atoms with Gasteiger partial charge < -0.3 is 4.90 Å². The highest BCUT2D eigenvalue weighted by molar-refractivity contribution is 6.00. The number of benzene rings is 3. The first-order chi connectivity index (χ1) is 12.5. The van der Waals surface area contributed by atoms with Crippen LogP contribution in [0, 0.1) is 20.8 Å². The molecule has 3 aromatic carbocycles. The van der Waals surface area contributed by atoms with Crippen LogP contribution in [0.15, 0.2) is 66.7 Å². The van der Waals surface area contributed by atoms with Gasteiger partial charge in [-0.2, -0.15) is 0 Å². The van der Waals surface area contributed by atoms with Crippen LogP contribution in [0.25, 0.3) is 0 Å². The van der Waals surface area contributed by atoms with E-state index in [1.807, 2.05) is 29.2 Å². The molecule has 2 nitrogen and oxygen atoms in total. The van der Waals surface area contributed by atoms with E-state index >= 15 is 0 Å². The molecule has 0 saturated carbocycles. The Morgan fingerprint density at radius 3 is 2.23 bits per heavy atom. The molecule has 1 atom stereocenters. The summed E-state index contributed by atoms with van der Waals surface area (Å²) in [6.45, 7) is 6.88. The SMILES string of the molecule is Cc1ccc(C2c3c(C)cc(C)cc3C(=O)N2Cc2ccccc2)cc1. The Bertz CT molecular complexity index is 958. The molecule has 0 aromatic heterocycles. The zero-order chi connectivity index (χ0) is 18.3. The fourth-order valence-corrected chi connectivity index (χ4v) is 3.99. The first-order valence-corrected chi connectivity index (χ1v) is 9.07. The van der Waals surface area contributed by atoms with E-state index in [4.69, 9.17) is 0 Å². The van der Waals surface area contributed by atoms with Crippen LogP contribution in [0.3, 0.4) is 0 Å². The maximum atomic E-state index is 13.3. The van der Waals surface area contributed by atoms with Gasteiger partial charge in [0.1, 0.15) is 0 Å². The van der Waals surface area contributed by atoms with Gasteiger partial charge in [-0.1, -0.05) is 71.8 Å². The van der Waals surface area contributed by atoms with Gasteiger partial charge in [0.2, 0.25) is 0 Å². The number of nitrogens with zero attached hydrogens (tertiary/aromatic N) is 1. The number of fused-ring (bicyclic) bond motifs is 1. The molecule has 130 valence electrons. The molecule has 0 bridgehead atoms. The van der Waals surface area contributed by atoms with Gasteiger partial charge in [-0.15, -0.1) is 0 Å². The van der Waals surface area contributed by atoms with Crippen molar-refractivity contribution in [2.45, 2.75) is 33.4 Å². The van der Waals surface area contributed by atoms with E-state index < -0.39 is 0 Å². The van der Waals surface area contributed by atoms with Gasteiger partial charge in [0.15, 0.2) is 0 Å². The molecule has 0 fully saturated rings. The van der Waals surface area contributed by atoms with Crippen molar-refractivity contribution in [3.63, 3.8) is 0 Å². The molecule has 0 spiro atoms. The predicted octanol–water partition coefficient (Wildman–Crippen LogP) is 5.36. The standard InChI is InChI=1S/C24H23NO/c1-16-9-11-20(12-10-16)23-22-18(3)13-17(2)14-21(22)24(26)25(23)15-19-7-5-4-6-8-19/h4-14,23H,15H2,1-3H3. The van der Waals surface area contributed by atoms with Crippen LogP contribution in [-0.2, 0) is 6.54 Å². The number of amides is 1. The lowest BCUT2D eigenvalue weighted by Crippen LogP contribution is -2.28. The maximum absolute atomic E-state index is 13.3. The third-order valence-corrected chi connectivity index (χ3v) is 5.20. The fraction of sp³-hybridized carbons (Fsp3) is 0.208. The molecule has 1 amide bonds. The van der Waals surface area contributed by atoms with Gasteiger partial charge in [-0.25, -0.2) is 0 Å². The number of hydrogen-bond acceptors (Lipinski definition) is 1. The summed E-state index contributed by atoms with van der Waals surface area (Å²) in [7, 11) is 0. The number of carbonyl (C=O) groups excluding carboxylic acids is 1. The van der Waals surface area contributed by atoms with E-state index in [9.17, 15) is 4.79 Å². The quantitative estimate of drug-likeness (QED) is 0.628. The summed E-state index contributed by atoms with van der Waals surface area (Å²) in [6.07, 6.45) is 0.